The van der Waals surface area contributed by atoms with Gasteiger partial charge in [-0.2, -0.15) is 0 Å². The Morgan fingerprint density at radius 1 is 0.500 bits per heavy atom. The predicted molar refractivity (Wildman–Crippen MR) is 0 cm³/mol. The fraction of sp³-hybridized carbons (Fsp3) is 0. The number of hydrogen-bond donors (Lipinski definition) is 0. The molecule has 0 saturated heterocycles. The van der Waals surface area contributed by atoms with Crippen molar-refractivity contribution in [1.29, 1.82) is 0 Å². The summed E-state index contributed by atoms with van der Waals surface area (Å²) in [7, 11) is 0. The van der Waals surface area contributed by atoms with Crippen LogP contribution in [0.15, 0.2) is 0 Å². The first-order valence-corrected chi connectivity index (χ1v) is 6.21. The van der Waals surface area contributed by atoms with E-state index >= 15 is 0 Å². The molecule has 0 rings (SSSR count). The number of hydrogen-bond acceptors (Lipinski definition) is 6. The van der Waals surface area contributed by atoms with Gasteiger partial charge in [-0.3, -0.25) is 0 Å². The monoisotopic (exact) mass is 428 g/mol. The van der Waals surface area contributed by atoms with Gasteiger partial charge in [-0.25, -0.2) is 0 Å². The summed E-state index contributed by atoms with van der Waals surface area (Å²) in [6.45, 7) is 0. The van der Waals surface area contributed by atoms with E-state index in [-0.39, 0.29) is 103 Å². The average molecular weight is 428 g/mol. The minimum atomic E-state index is -4.01. The Morgan fingerprint density at radius 3 is 0.500 bits per heavy atom. The summed E-state index contributed by atoms with van der Waals surface area (Å²) in [5.41, 5.74) is 0. The topological polar surface area (TPSA) is 138 Å². The molecule has 0 aliphatic rings. The molecule has 0 atom stereocenters. The van der Waals surface area contributed by atoms with Gasteiger partial charge < -0.3 is 20.6 Å². The van der Waals surface area contributed by atoms with Crippen LogP contribution in [0.2, 0.25) is 0 Å². The van der Waals surface area contributed by atoms with Crippen molar-refractivity contribution in [1.82, 2.24) is 0 Å². The molecule has 52 valence electrons. The van der Waals surface area contributed by atoms with Crippen molar-refractivity contribution in [3.63, 3.8) is 0 Å². The van der Waals surface area contributed by atoms with E-state index < -0.39 is 42.1 Å². The van der Waals surface area contributed by atoms with Gasteiger partial charge in [0.25, 0.3) is 42.1 Å². The zero-order chi connectivity index (χ0) is 7.15. The molecule has 0 bridgehead atoms. The van der Waals surface area contributed by atoms with E-state index in [4.69, 9.17) is 20.6 Å². The Bertz CT molecular complexity index is 29.2. The molecular weight excluding hydrogens is 428 g/mol. The standard InChI is InChI=1S/2IO3.2K/c2*2-1(3)4;;/q2*-1;2*+1. The Labute approximate surface area is 160 Å². The molecule has 0 aromatic carbocycles. The zero-order valence-electron chi connectivity index (χ0n) is 5.21. The van der Waals surface area contributed by atoms with Gasteiger partial charge >= 0.3 is 103 Å². The summed E-state index contributed by atoms with van der Waals surface area (Å²) in [6.07, 6.45) is 0. The predicted octanol–water partition coefficient (Wildman–Crippen LogP) is -19.1. The van der Waals surface area contributed by atoms with E-state index in [9.17, 15) is 0 Å². The summed E-state index contributed by atoms with van der Waals surface area (Å²) in [6, 6.07) is 0. The molecule has 0 heterocycles. The van der Waals surface area contributed by atoms with Gasteiger partial charge in [0.2, 0.25) is 0 Å². The smallest absolute Gasteiger partial charge is 0.427 e. The average Bonchev–Trinajstić information content (AvgIpc) is 1.25. The minimum absolute atomic E-state index is 0. The second-order valence-electron chi connectivity index (χ2n) is 0.378. The molecule has 0 saturated carbocycles. The van der Waals surface area contributed by atoms with Crippen LogP contribution in [-0.4, -0.2) is 0 Å². The van der Waals surface area contributed by atoms with Crippen molar-refractivity contribution in [3.8, 4) is 0 Å². The summed E-state index contributed by atoms with van der Waals surface area (Å²) < 4.78 is 51.4. The molecule has 0 aliphatic heterocycles. The van der Waals surface area contributed by atoms with Crippen LogP contribution in [0.25, 0.3) is 0 Å². The van der Waals surface area contributed by atoms with E-state index in [0.717, 1.165) is 0 Å². The molecule has 0 spiro atoms. The second-order valence-corrected chi connectivity index (χ2v) is 2.54. The molecule has 10 heavy (non-hydrogen) atoms. The fourth-order valence-corrected chi connectivity index (χ4v) is 0. The van der Waals surface area contributed by atoms with Crippen LogP contribution < -0.4 is 166 Å². The van der Waals surface area contributed by atoms with Gasteiger partial charge in [-0.15, -0.1) is 0 Å². The van der Waals surface area contributed by atoms with Crippen LogP contribution in [0.5, 0.6) is 0 Å². The first-order valence-electron chi connectivity index (χ1n) is 0.926. The molecule has 0 unspecified atom stereocenters. The quantitative estimate of drug-likeness (QED) is 0.278. The zero-order valence-corrected chi connectivity index (χ0v) is 15.8. The third-order valence-corrected chi connectivity index (χ3v) is 0. The third kappa shape index (κ3) is 81.7. The van der Waals surface area contributed by atoms with E-state index in [1.165, 1.54) is 0 Å². The second kappa shape index (κ2) is 19.1. The van der Waals surface area contributed by atoms with E-state index in [2.05, 4.69) is 0 Å². The van der Waals surface area contributed by atoms with Crippen molar-refractivity contribution >= 4 is 0 Å². The molecule has 6 nitrogen and oxygen atoms in total. The van der Waals surface area contributed by atoms with Crippen LogP contribution in [0, 0.1) is 0 Å². The first-order chi connectivity index (χ1) is 3.46. The molecule has 0 fully saturated rings. The van der Waals surface area contributed by atoms with Gasteiger partial charge in [0.05, 0.1) is 0 Å². The van der Waals surface area contributed by atoms with Gasteiger partial charge in [-0.1, -0.05) is 0 Å². The van der Waals surface area contributed by atoms with E-state index in [1.54, 1.807) is 0 Å². The molecule has 0 aliphatic carbocycles. The van der Waals surface area contributed by atoms with Crippen molar-refractivity contribution < 1.29 is 166 Å². The summed E-state index contributed by atoms with van der Waals surface area (Å²) in [4.78, 5) is 0. The Kier molecular flexibility index (Phi) is 45.8. The van der Waals surface area contributed by atoms with Crippen molar-refractivity contribution in [2.24, 2.45) is 0 Å². The Morgan fingerprint density at radius 2 is 0.500 bits per heavy atom. The van der Waals surface area contributed by atoms with Gasteiger partial charge in [0.15, 0.2) is 0 Å². The normalized spacial score (nSPS) is 7.20. The first kappa shape index (κ1) is 24.0. The summed E-state index contributed by atoms with van der Waals surface area (Å²) in [5.74, 6) is 0. The van der Waals surface area contributed by atoms with Crippen LogP contribution in [0.1, 0.15) is 0 Å². The maximum absolute atomic E-state index is 8.57. The van der Waals surface area contributed by atoms with Crippen LogP contribution in [0.4, 0.5) is 0 Å². The third-order valence-electron chi connectivity index (χ3n) is 0. The van der Waals surface area contributed by atoms with Gasteiger partial charge in [0.1, 0.15) is 0 Å². The van der Waals surface area contributed by atoms with Crippen LogP contribution in [-0.2, 0) is 0 Å². The Hall–Kier alpha value is 4.49. The van der Waals surface area contributed by atoms with E-state index in [0.29, 0.717) is 0 Å². The largest absolute Gasteiger partial charge is 1.00 e. The van der Waals surface area contributed by atoms with Crippen molar-refractivity contribution in [2.45, 2.75) is 0 Å². The maximum atomic E-state index is 8.57. The van der Waals surface area contributed by atoms with E-state index in [1.807, 2.05) is 0 Å². The molecule has 0 N–H and O–H groups in total. The molecule has 0 amide bonds. The van der Waals surface area contributed by atoms with Crippen molar-refractivity contribution in [3.05, 3.63) is 0 Å². The molecular formula is I2K2O6. The fourth-order valence-electron chi connectivity index (χ4n) is 0. The van der Waals surface area contributed by atoms with Crippen molar-refractivity contribution in [2.75, 3.05) is 0 Å². The SMILES string of the molecule is [K+].[K+].[O-][I+2]([O-])[O-].[O-][I+2]([O-])[O-]. The number of rotatable bonds is 0. The van der Waals surface area contributed by atoms with Gasteiger partial charge in [-0.05, 0) is 0 Å². The molecule has 0 radical (unpaired) electrons. The Balaban J connectivity index is -0.0000000300. The molecule has 0 aromatic rings. The number of halogens is 2. The minimum Gasteiger partial charge on any atom is -0.427 e. The summed E-state index contributed by atoms with van der Waals surface area (Å²) >= 11 is -8.03. The maximum Gasteiger partial charge on any atom is 1.00 e. The van der Waals surface area contributed by atoms with Crippen LogP contribution in [0.3, 0.4) is 0 Å². The van der Waals surface area contributed by atoms with Crippen LogP contribution >= 0.6 is 0 Å². The van der Waals surface area contributed by atoms with Gasteiger partial charge in [0, 0.05) is 0 Å². The molecule has 0 aromatic heterocycles. The summed E-state index contributed by atoms with van der Waals surface area (Å²) in [5, 5.41) is 0. The molecule has 10 heteroatoms.